The molecule has 0 fully saturated rings. The SMILES string of the molecule is COc1cccc(OC)c1OCCOCCOCCN(CCCCCO)CCOCCO. The van der Waals surface area contributed by atoms with Crippen LogP contribution in [0, 0.1) is 0 Å². The maximum Gasteiger partial charge on any atom is 0.203 e. The standard InChI is InChI=1S/C23H41NO8/c1-27-21-7-6-8-22(28-2)23(21)32-20-19-31-18-17-30-15-11-24(9-4-3-5-12-25)10-14-29-16-13-26/h6-8,25-26H,3-5,9-20H2,1-2H3. The van der Waals surface area contributed by atoms with E-state index in [1.807, 2.05) is 18.2 Å². The van der Waals surface area contributed by atoms with Crippen molar-refractivity contribution in [3.05, 3.63) is 18.2 Å². The van der Waals surface area contributed by atoms with Crippen LogP contribution < -0.4 is 14.2 Å². The Morgan fingerprint density at radius 1 is 0.656 bits per heavy atom. The fraction of sp³-hybridized carbons (Fsp3) is 0.739. The smallest absolute Gasteiger partial charge is 0.203 e. The van der Waals surface area contributed by atoms with Crippen molar-refractivity contribution in [2.75, 3.05) is 93.3 Å². The molecular weight excluding hydrogens is 418 g/mol. The first kappa shape index (κ1) is 28.4. The van der Waals surface area contributed by atoms with Crippen LogP contribution in [0.3, 0.4) is 0 Å². The van der Waals surface area contributed by atoms with Gasteiger partial charge in [-0.2, -0.15) is 0 Å². The summed E-state index contributed by atoms with van der Waals surface area (Å²) in [5.41, 5.74) is 0. The highest BCUT2D eigenvalue weighted by atomic mass is 16.6. The zero-order valence-electron chi connectivity index (χ0n) is 19.6. The molecule has 0 unspecified atom stereocenters. The molecule has 32 heavy (non-hydrogen) atoms. The van der Waals surface area contributed by atoms with Gasteiger partial charge in [-0.3, -0.25) is 4.90 Å². The molecule has 0 aliphatic carbocycles. The molecule has 9 nitrogen and oxygen atoms in total. The second kappa shape index (κ2) is 20.0. The molecule has 0 saturated carbocycles. The number of hydrogen-bond donors (Lipinski definition) is 2. The molecule has 0 saturated heterocycles. The first-order valence-electron chi connectivity index (χ1n) is 11.3. The van der Waals surface area contributed by atoms with Gasteiger partial charge in [0.15, 0.2) is 11.5 Å². The van der Waals surface area contributed by atoms with E-state index in [1.165, 1.54) is 0 Å². The lowest BCUT2D eigenvalue weighted by Gasteiger charge is -2.22. The molecule has 0 amide bonds. The molecule has 186 valence electrons. The minimum atomic E-state index is 0.0388. The molecule has 1 aromatic rings. The number of para-hydroxylation sites is 1. The van der Waals surface area contributed by atoms with E-state index in [9.17, 15) is 0 Å². The van der Waals surface area contributed by atoms with Gasteiger partial charge in [-0.15, -0.1) is 0 Å². The second-order valence-electron chi connectivity index (χ2n) is 7.03. The molecule has 0 heterocycles. The van der Waals surface area contributed by atoms with E-state index in [4.69, 9.17) is 38.6 Å². The van der Waals surface area contributed by atoms with Crippen LogP contribution in [-0.2, 0) is 14.2 Å². The summed E-state index contributed by atoms with van der Waals surface area (Å²) in [6.07, 6.45) is 2.86. The lowest BCUT2D eigenvalue weighted by Crippen LogP contribution is -2.32. The van der Waals surface area contributed by atoms with Crippen LogP contribution in [0.4, 0.5) is 0 Å². The minimum Gasteiger partial charge on any atom is -0.493 e. The van der Waals surface area contributed by atoms with E-state index in [1.54, 1.807) is 14.2 Å². The van der Waals surface area contributed by atoms with E-state index in [0.717, 1.165) is 38.9 Å². The summed E-state index contributed by atoms with van der Waals surface area (Å²) in [4.78, 5) is 2.28. The summed E-state index contributed by atoms with van der Waals surface area (Å²) >= 11 is 0. The number of benzene rings is 1. The predicted octanol–water partition coefficient (Wildman–Crippen LogP) is 1.59. The monoisotopic (exact) mass is 459 g/mol. The van der Waals surface area contributed by atoms with Crippen molar-refractivity contribution in [3.63, 3.8) is 0 Å². The van der Waals surface area contributed by atoms with Crippen molar-refractivity contribution >= 4 is 0 Å². The van der Waals surface area contributed by atoms with Crippen LogP contribution in [0.2, 0.25) is 0 Å². The number of aliphatic hydroxyl groups excluding tert-OH is 2. The Balaban J connectivity index is 2.14. The van der Waals surface area contributed by atoms with E-state index < -0.39 is 0 Å². The van der Waals surface area contributed by atoms with Gasteiger partial charge in [0.2, 0.25) is 5.75 Å². The summed E-state index contributed by atoms with van der Waals surface area (Å²) in [6, 6.07) is 5.49. The number of unbranched alkanes of at least 4 members (excludes halogenated alkanes) is 2. The van der Waals surface area contributed by atoms with E-state index in [2.05, 4.69) is 4.90 Å². The minimum absolute atomic E-state index is 0.0388. The maximum absolute atomic E-state index is 8.91. The molecule has 1 aromatic carbocycles. The van der Waals surface area contributed by atoms with E-state index in [-0.39, 0.29) is 13.2 Å². The van der Waals surface area contributed by atoms with Crippen LogP contribution in [-0.4, -0.2) is 108 Å². The van der Waals surface area contributed by atoms with Gasteiger partial charge in [0.05, 0.1) is 60.5 Å². The number of methoxy groups -OCH3 is 2. The van der Waals surface area contributed by atoms with Gasteiger partial charge in [-0.1, -0.05) is 6.07 Å². The summed E-state index contributed by atoms with van der Waals surface area (Å²) in [7, 11) is 3.18. The summed E-state index contributed by atoms with van der Waals surface area (Å²) in [5, 5.41) is 17.7. The first-order valence-corrected chi connectivity index (χ1v) is 11.3. The second-order valence-corrected chi connectivity index (χ2v) is 7.03. The molecule has 9 heteroatoms. The largest absolute Gasteiger partial charge is 0.493 e. The Labute approximate surface area is 192 Å². The quantitative estimate of drug-likeness (QED) is 0.250. The highest BCUT2D eigenvalue weighted by Crippen LogP contribution is 2.36. The number of nitrogens with zero attached hydrogens (tertiary/aromatic N) is 1. The van der Waals surface area contributed by atoms with Crippen molar-refractivity contribution in [2.45, 2.75) is 19.3 Å². The van der Waals surface area contributed by atoms with Gasteiger partial charge < -0.3 is 38.6 Å². The van der Waals surface area contributed by atoms with Crippen LogP contribution in [0.5, 0.6) is 17.2 Å². The third-order valence-corrected chi connectivity index (χ3v) is 4.70. The first-order chi connectivity index (χ1) is 15.8. The molecule has 1 rings (SSSR count). The van der Waals surface area contributed by atoms with Gasteiger partial charge in [0, 0.05) is 19.7 Å². The molecule has 0 aliphatic rings. The average Bonchev–Trinajstić information content (AvgIpc) is 2.82. The van der Waals surface area contributed by atoms with Gasteiger partial charge >= 0.3 is 0 Å². The highest BCUT2D eigenvalue weighted by molar-refractivity contribution is 5.51. The molecule has 0 spiro atoms. The van der Waals surface area contributed by atoms with Crippen molar-refractivity contribution in [3.8, 4) is 17.2 Å². The van der Waals surface area contributed by atoms with Crippen LogP contribution in [0.15, 0.2) is 18.2 Å². The predicted molar refractivity (Wildman–Crippen MR) is 122 cm³/mol. The lowest BCUT2D eigenvalue weighted by molar-refractivity contribution is 0.0236. The number of aliphatic hydroxyl groups is 2. The normalized spacial score (nSPS) is 11.2. The maximum atomic E-state index is 8.91. The van der Waals surface area contributed by atoms with E-state index in [0.29, 0.717) is 63.5 Å². The average molecular weight is 460 g/mol. The fourth-order valence-electron chi connectivity index (χ4n) is 3.00. The number of hydrogen-bond acceptors (Lipinski definition) is 9. The molecular formula is C23H41NO8. The van der Waals surface area contributed by atoms with Crippen molar-refractivity contribution in [1.29, 1.82) is 0 Å². The molecule has 0 aromatic heterocycles. The molecule has 0 radical (unpaired) electrons. The van der Waals surface area contributed by atoms with Crippen molar-refractivity contribution in [2.24, 2.45) is 0 Å². The zero-order chi connectivity index (χ0) is 23.3. The third kappa shape index (κ3) is 13.0. The Kier molecular flexibility index (Phi) is 17.8. The van der Waals surface area contributed by atoms with Gasteiger partial charge in [0.1, 0.15) is 6.61 Å². The Morgan fingerprint density at radius 3 is 1.84 bits per heavy atom. The fourth-order valence-corrected chi connectivity index (χ4v) is 3.00. The zero-order valence-corrected chi connectivity index (χ0v) is 19.6. The van der Waals surface area contributed by atoms with Crippen LogP contribution in [0.25, 0.3) is 0 Å². The Bertz CT molecular complexity index is 527. The van der Waals surface area contributed by atoms with Crippen molar-refractivity contribution in [1.82, 2.24) is 4.90 Å². The Morgan fingerprint density at radius 2 is 1.25 bits per heavy atom. The van der Waals surface area contributed by atoms with Gasteiger partial charge in [0.25, 0.3) is 0 Å². The van der Waals surface area contributed by atoms with Gasteiger partial charge in [-0.25, -0.2) is 0 Å². The van der Waals surface area contributed by atoms with Crippen LogP contribution >= 0.6 is 0 Å². The molecule has 0 atom stereocenters. The van der Waals surface area contributed by atoms with Crippen molar-refractivity contribution < 1.29 is 38.6 Å². The number of rotatable bonds is 22. The van der Waals surface area contributed by atoms with E-state index >= 15 is 0 Å². The van der Waals surface area contributed by atoms with Gasteiger partial charge in [-0.05, 0) is 37.9 Å². The summed E-state index contributed by atoms with van der Waals surface area (Å²) < 4.78 is 33.0. The topological polar surface area (TPSA) is 99.1 Å². The molecule has 0 aliphatic heterocycles. The third-order valence-electron chi connectivity index (χ3n) is 4.70. The highest BCUT2D eigenvalue weighted by Gasteiger charge is 2.11. The molecule has 2 N–H and O–H groups in total. The summed E-state index contributed by atoms with van der Waals surface area (Å²) in [5.74, 6) is 1.81. The summed E-state index contributed by atoms with van der Waals surface area (Å²) in [6.45, 7) is 6.18. The lowest BCUT2D eigenvalue weighted by atomic mass is 10.2. The van der Waals surface area contributed by atoms with Crippen LogP contribution in [0.1, 0.15) is 19.3 Å². The molecule has 0 bridgehead atoms. The number of ether oxygens (including phenoxy) is 6. The Hall–Kier alpha value is -1.62.